The quantitative estimate of drug-likeness (QED) is 0.669. The number of benzene rings is 1. The number of aliphatic carboxylic acids is 1. The molecule has 0 fully saturated rings. The van der Waals surface area contributed by atoms with Gasteiger partial charge in [-0.15, -0.1) is 0 Å². The molecular weight excluding hydrogens is 260 g/mol. The molecule has 19 heavy (non-hydrogen) atoms. The summed E-state index contributed by atoms with van der Waals surface area (Å²) in [5.41, 5.74) is 1.10. The molecule has 104 valence electrons. The molecule has 0 saturated heterocycles. The van der Waals surface area contributed by atoms with Crippen molar-refractivity contribution in [2.45, 2.75) is 38.8 Å². The van der Waals surface area contributed by atoms with Gasteiger partial charge in [0, 0.05) is 6.54 Å². The molecule has 1 aromatic carbocycles. The highest BCUT2D eigenvalue weighted by atomic mass is 32.1. The minimum atomic E-state index is -0.864. The van der Waals surface area contributed by atoms with Gasteiger partial charge >= 0.3 is 5.97 Å². The number of carboxylic acids is 1. The Morgan fingerprint density at radius 3 is 2.63 bits per heavy atom. The van der Waals surface area contributed by atoms with Crippen molar-refractivity contribution in [3.05, 3.63) is 35.9 Å². The number of thiocarbonyl (C=S) groups is 1. The summed E-state index contributed by atoms with van der Waals surface area (Å²) in [5.74, 6) is -0.864. The maximum atomic E-state index is 11.1. The topological polar surface area (TPSA) is 61.4 Å². The van der Waals surface area contributed by atoms with E-state index in [0.29, 0.717) is 18.1 Å². The largest absolute Gasteiger partial charge is 0.480 e. The molecule has 0 radical (unpaired) electrons. The number of rotatable bonds is 7. The van der Waals surface area contributed by atoms with Gasteiger partial charge in [0.05, 0.1) is 0 Å². The van der Waals surface area contributed by atoms with Crippen LogP contribution in [0.5, 0.6) is 0 Å². The van der Waals surface area contributed by atoms with Gasteiger partial charge in [0.25, 0.3) is 0 Å². The highest BCUT2D eigenvalue weighted by Gasteiger charge is 2.17. The molecule has 0 aliphatic rings. The van der Waals surface area contributed by atoms with Crippen LogP contribution in [0.15, 0.2) is 30.3 Å². The highest BCUT2D eigenvalue weighted by Crippen LogP contribution is 2.01. The van der Waals surface area contributed by atoms with Crippen molar-refractivity contribution in [2.24, 2.45) is 0 Å². The number of carbonyl (C=O) groups is 1. The predicted molar refractivity (Wildman–Crippen MR) is 80.0 cm³/mol. The van der Waals surface area contributed by atoms with Gasteiger partial charge in [-0.05, 0) is 24.2 Å². The second-order valence-corrected chi connectivity index (χ2v) is 4.75. The molecule has 3 N–H and O–H groups in total. The molecule has 1 aromatic rings. The van der Waals surface area contributed by atoms with Gasteiger partial charge in [-0.1, -0.05) is 50.1 Å². The van der Waals surface area contributed by atoms with E-state index in [2.05, 4.69) is 10.6 Å². The minimum Gasteiger partial charge on any atom is -0.480 e. The van der Waals surface area contributed by atoms with Gasteiger partial charge in [0.15, 0.2) is 5.11 Å². The Bertz CT molecular complexity index is 409. The normalized spacial score (nSPS) is 11.6. The first-order valence-corrected chi connectivity index (χ1v) is 6.85. The third kappa shape index (κ3) is 6.20. The number of unbranched alkanes of at least 4 members (excludes halogenated alkanes) is 1. The van der Waals surface area contributed by atoms with E-state index in [9.17, 15) is 4.79 Å². The highest BCUT2D eigenvalue weighted by molar-refractivity contribution is 7.80. The standard InChI is InChI=1S/C14H20N2O2S/c1-2-3-9-12(13(17)18)16-14(19)15-10-11-7-5-4-6-8-11/h4-8,12H,2-3,9-10H2,1H3,(H,17,18)(H2,15,16,19)/t12-/m1/s1. The van der Waals surface area contributed by atoms with Crippen LogP contribution >= 0.6 is 12.2 Å². The lowest BCUT2D eigenvalue weighted by Crippen LogP contribution is -2.45. The monoisotopic (exact) mass is 280 g/mol. The Hall–Kier alpha value is -1.62. The van der Waals surface area contributed by atoms with E-state index < -0.39 is 12.0 Å². The maximum Gasteiger partial charge on any atom is 0.326 e. The zero-order valence-electron chi connectivity index (χ0n) is 11.1. The summed E-state index contributed by atoms with van der Waals surface area (Å²) in [7, 11) is 0. The minimum absolute atomic E-state index is 0.382. The van der Waals surface area contributed by atoms with Crippen LogP contribution in [0.3, 0.4) is 0 Å². The van der Waals surface area contributed by atoms with E-state index in [-0.39, 0.29) is 0 Å². The molecule has 1 atom stereocenters. The van der Waals surface area contributed by atoms with Crippen LogP contribution in [0.25, 0.3) is 0 Å². The number of nitrogens with one attached hydrogen (secondary N) is 2. The van der Waals surface area contributed by atoms with Crippen molar-refractivity contribution in [3.63, 3.8) is 0 Å². The molecule has 5 heteroatoms. The van der Waals surface area contributed by atoms with E-state index in [1.807, 2.05) is 37.3 Å². The lowest BCUT2D eigenvalue weighted by molar-refractivity contribution is -0.139. The smallest absolute Gasteiger partial charge is 0.326 e. The van der Waals surface area contributed by atoms with E-state index in [1.54, 1.807) is 0 Å². The summed E-state index contributed by atoms with van der Waals surface area (Å²) in [6.45, 7) is 2.62. The molecule has 0 saturated carbocycles. The summed E-state index contributed by atoms with van der Waals surface area (Å²) in [6.07, 6.45) is 2.42. The Morgan fingerprint density at radius 1 is 1.37 bits per heavy atom. The van der Waals surface area contributed by atoms with Crippen LogP contribution < -0.4 is 10.6 Å². The molecule has 1 rings (SSSR count). The van der Waals surface area contributed by atoms with Crippen molar-refractivity contribution in [1.82, 2.24) is 10.6 Å². The van der Waals surface area contributed by atoms with Crippen LogP contribution in [0.4, 0.5) is 0 Å². The fourth-order valence-corrected chi connectivity index (χ4v) is 1.87. The summed E-state index contributed by atoms with van der Waals surface area (Å²) < 4.78 is 0. The molecule has 0 unspecified atom stereocenters. The Labute approximate surface area is 119 Å². The SMILES string of the molecule is CCCC[C@@H](NC(=S)NCc1ccccc1)C(=O)O. The van der Waals surface area contributed by atoms with Crippen molar-refractivity contribution >= 4 is 23.3 Å². The van der Waals surface area contributed by atoms with Gasteiger partial charge in [0.1, 0.15) is 6.04 Å². The third-order valence-electron chi connectivity index (χ3n) is 2.75. The fourth-order valence-electron chi connectivity index (χ4n) is 1.65. The average Bonchev–Trinajstić information content (AvgIpc) is 2.42. The lowest BCUT2D eigenvalue weighted by Gasteiger charge is -2.17. The second-order valence-electron chi connectivity index (χ2n) is 4.35. The van der Waals surface area contributed by atoms with Crippen LogP contribution in [0.1, 0.15) is 31.7 Å². The molecule has 0 spiro atoms. The van der Waals surface area contributed by atoms with Gasteiger partial charge in [-0.3, -0.25) is 0 Å². The Kier molecular flexibility index (Phi) is 6.89. The summed E-state index contributed by atoms with van der Waals surface area (Å²) in [6, 6.07) is 9.22. The number of hydrogen-bond acceptors (Lipinski definition) is 2. The van der Waals surface area contributed by atoms with E-state index in [1.165, 1.54) is 0 Å². The first-order valence-electron chi connectivity index (χ1n) is 6.44. The van der Waals surface area contributed by atoms with Gasteiger partial charge in [-0.2, -0.15) is 0 Å². The third-order valence-corrected chi connectivity index (χ3v) is 3.01. The summed E-state index contributed by atoms with van der Waals surface area (Å²) in [5, 5.41) is 15.3. The summed E-state index contributed by atoms with van der Waals surface area (Å²) >= 11 is 5.11. The van der Waals surface area contributed by atoms with Gasteiger partial charge < -0.3 is 15.7 Å². The fraction of sp³-hybridized carbons (Fsp3) is 0.429. The van der Waals surface area contributed by atoms with Crippen LogP contribution in [0.2, 0.25) is 0 Å². The van der Waals surface area contributed by atoms with Crippen molar-refractivity contribution in [1.29, 1.82) is 0 Å². The van der Waals surface area contributed by atoms with Crippen LogP contribution in [-0.2, 0) is 11.3 Å². The van der Waals surface area contributed by atoms with E-state index >= 15 is 0 Å². The first kappa shape index (κ1) is 15.4. The van der Waals surface area contributed by atoms with Gasteiger partial charge in [0.2, 0.25) is 0 Å². The molecule has 0 aromatic heterocycles. The van der Waals surface area contributed by atoms with Crippen LogP contribution in [0, 0.1) is 0 Å². The lowest BCUT2D eigenvalue weighted by atomic mass is 10.1. The average molecular weight is 280 g/mol. The van der Waals surface area contributed by atoms with Crippen molar-refractivity contribution in [3.8, 4) is 0 Å². The summed E-state index contributed by atoms with van der Waals surface area (Å²) in [4.78, 5) is 11.1. The van der Waals surface area contributed by atoms with E-state index in [4.69, 9.17) is 17.3 Å². The zero-order valence-corrected chi connectivity index (χ0v) is 11.9. The molecule has 0 amide bonds. The Morgan fingerprint density at radius 2 is 2.05 bits per heavy atom. The molecule has 0 bridgehead atoms. The molecule has 0 heterocycles. The van der Waals surface area contributed by atoms with Gasteiger partial charge in [-0.25, -0.2) is 4.79 Å². The zero-order chi connectivity index (χ0) is 14.1. The maximum absolute atomic E-state index is 11.1. The predicted octanol–water partition coefficient (Wildman–Crippen LogP) is 2.29. The van der Waals surface area contributed by atoms with E-state index in [0.717, 1.165) is 18.4 Å². The molecule has 4 nitrogen and oxygen atoms in total. The van der Waals surface area contributed by atoms with Crippen molar-refractivity contribution < 1.29 is 9.90 Å². The molecule has 0 aliphatic heterocycles. The Balaban J connectivity index is 2.38. The van der Waals surface area contributed by atoms with Crippen molar-refractivity contribution in [2.75, 3.05) is 0 Å². The van der Waals surface area contributed by atoms with Crippen LogP contribution in [-0.4, -0.2) is 22.2 Å². The molecule has 0 aliphatic carbocycles. The number of hydrogen-bond donors (Lipinski definition) is 3. The number of carboxylic acid groups (broad SMARTS) is 1. The molecular formula is C14H20N2O2S. The first-order chi connectivity index (χ1) is 9.13. The second kappa shape index (κ2) is 8.48.